The molecule has 2 amide bonds. The highest BCUT2D eigenvalue weighted by Crippen LogP contribution is 2.24. The van der Waals surface area contributed by atoms with E-state index in [1.54, 1.807) is 45.1 Å². The minimum atomic E-state index is -0.168. The molecule has 0 N–H and O–H groups in total. The van der Waals surface area contributed by atoms with Crippen LogP contribution in [0.25, 0.3) is 11.5 Å². The number of carbonyl (C=O) groups excluding carboxylic acids is 2. The largest absolute Gasteiger partial charge is 0.461 e. The maximum Gasteiger partial charge on any atom is 0.276 e. The molecule has 0 spiro atoms. The van der Waals surface area contributed by atoms with Crippen molar-refractivity contribution in [1.29, 1.82) is 0 Å². The number of rotatable bonds is 5. The summed E-state index contributed by atoms with van der Waals surface area (Å²) in [6.07, 6.45) is 5.07. The van der Waals surface area contributed by atoms with Crippen molar-refractivity contribution in [2.45, 2.75) is 19.4 Å². The van der Waals surface area contributed by atoms with Gasteiger partial charge in [0.2, 0.25) is 5.76 Å². The van der Waals surface area contributed by atoms with E-state index in [0.29, 0.717) is 63.2 Å². The number of hydrogen-bond acceptors (Lipinski definition) is 8. The normalized spacial score (nSPS) is 19.3. The number of ether oxygens (including phenoxy) is 1. The van der Waals surface area contributed by atoms with Gasteiger partial charge in [0.05, 0.1) is 25.7 Å². The second kappa shape index (κ2) is 8.95. The molecule has 5 rings (SSSR count). The van der Waals surface area contributed by atoms with E-state index in [1.807, 2.05) is 0 Å². The molecule has 0 radical (unpaired) electrons. The summed E-state index contributed by atoms with van der Waals surface area (Å²) >= 11 is 0. The van der Waals surface area contributed by atoms with E-state index in [9.17, 15) is 9.59 Å². The number of carbonyl (C=O) groups is 2. The lowest BCUT2D eigenvalue weighted by molar-refractivity contribution is 0.0299. The Bertz CT molecular complexity index is 1070. The monoisotopic (exact) mass is 440 g/mol. The van der Waals surface area contributed by atoms with Gasteiger partial charge >= 0.3 is 0 Å². The molecule has 2 aliphatic rings. The molecule has 0 unspecified atom stereocenters. The number of nitrogens with zero attached hydrogens (tertiary/aromatic N) is 6. The topological polar surface area (TPSA) is 120 Å². The summed E-state index contributed by atoms with van der Waals surface area (Å²) in [5, 5.41) is 12.1. The third-order valence-corrected chi connectivity index (χ3v) is 5.80. The minimum absolute atomic E-state index is 0.126. The maximum absolute atomic E-state index is 12.9. The molecule has 2 saturated heterocycles. The molecular formula is C21H24N6O5. The number of hydrogen-bond donors (Lipinski definition) is 0. The van der Waals surface area contributed by atoms with Gasteiger partial charge in [0.15, 0.2) is 17.1 Å². The third-order valence-electron chi connectivity index (χ3n) is 5.80. The second-order valence-electron chi connectivity index (χ2n) is 8.04. The van der Waals surface area contributed by atoms with E-state index >= 15 is 0 Å². The molecule has 0 aromatic carbocycles. The summed E-state index contributed by atoms with van der Waals surface area (Å²) in [6, 6.07) is 5.10. The number of furan rings is 1. The number of likely N-dealkylation sites (tertiary alicyclic amines) is 1. The number of aromatic nitrogens is 4. The van der Waals surface area contributed by atoms with Gasteiger partial charge in [-0.1, -0.05) is 10.4 Å². The number of amides is 2. The van der Waals surface area contributed by atoms with E-state index < -0.39 is 0 Å². The standard InChI is InChI=1S/C21H24N6O5/c28-20(16-11-19(32-23-16)18-4-2-8-31-18)26-5-1-3-15(12-26)13-27-14-17(22-24-27)21(29)25-6-9-30-10-7-25/h2,4,8,11,14-15H,1,3,5-7,9-10,12-13H2/t15-/m0/s1. The highest BCUT2D eigenvalue weighted by atomic mass is 16.5. The van der Waals surface area contributed by atoms with Gasteiger partial charge in [0.1, 0.15) is 0 Å². The first-order valence-electron chi connectivity index (χ1n) is 10.7. The lowest BCUT2D eigenvalue weighted by Gasteiger charge is -2.32. The Balaban J connectivity index is 1.20. The lowest BCUT2D eigenvalue weighted by atomic mass is 9.97. The predicted octanol–water partition coefficient (Wildman–Crippen LogP) is 1.55. The first kappa shape index (κ1) is 20.4. The molecule has 168 valence electrons. The summed E-state index contributed by atoms with van der Waals surface area (Å²) in [6.45, 7) is 4.04. The van der Waals surface area contributed by atoms with Crippen LogP contribution in [0.1, 0.15) is 33.8 Å². The summed E-state index contributed by atoms with van der Waals surface area (Å²) in [4.78, 5) is 29.0. The van der Waals surface area contributed by atoms with Crippen LogP contribution in [-0.4, -0.2) is 81.2 Å². The summed E-state index contributed by atoms with van der Waals surface area (Å²) in [5.41, 5.74) is 0.597. The number of morpholine rings is 1. The van der Waals surface area contributed by atoms with Gasteiger partial charge in [-0.05, 0) is 30.9 Å². The van der Waals surface area contributed by atoms with Crippen molar-refractivity contribution in [3.63, 3.8) is 0 Å². The van der Waals surface area contributed by atoms with Gasteiger partial charge in [0.25, 0.3) is 11.8 Å². The Labute approximate surface area is 183 Å². The van der Waals surface area contributed by atoms with Crippen LogP contribution in [0.3, 0.4) is 0 Å². The van der Waals surface area contributed by atoms with Crippen LogP contribution < -0.4 is 0 Å². The van der Waals surface area contributed by atoms with E-state index in [0.717, 1.165) is 12.8 Å². The van der Waals surface area contributed by atoms with Crippen molar-refractivity contribution in [3.05, 3.63) is 42.0 Å². The van der Waals surface area contributed by atoms with Crippen molar-refractivity contribution >= 4 is 11.8 Å². The first-order valence-corrected chi connectivity index (χ1v) is 10.7. The molecule has 1 atom stereocenters. The fourth-order valence-electron chi connectivity index (χ4n) is 4.15. The molecule has 3 aromatic rings. The average molecular weight is 440 g/mol. The molecule has 11 heteroatoms. The van der Waals surface area contributed by atoms with Crippen LogP contribution in [0.4, 0.5) is 0 Å². The van der Waals surface area contributed by atoms with Crippen LogP contribution in [0.5, 0.6) is 0 Å². The van der Waals surface area contributed by atoms with Gasteiger partial charge in [0, 0.05) is 38.8 Å². The van der Waals surface area contributed by atoms with Crippen LogP contribution in [0, 0.1) is 5.92 Å². The molecule has 11 nitrogen and oxygen atoms in total. The van der Waals surface area contributed by atoms with Crippen LogP contribution in [0.2, 0.25) is 0 Å². The summed E-state index contributed by atoms with van der Waals surface area (Å²) in [7, 11) is 0. The maximum atomic E-state index is 12.9. The number of piperidine rings is 1. The predicted molar refractivity (Wildman–Crippen MR) is 110 cm³/mol. The van der Waals surface area contributed by atoms with Crippen molar-refractivity contribution < 1.29 is 23.3 Å². The quantitative estimate of drug-likeness (QED) is 0.586. The zero-order valence-electron chi connectivity index (χ0n) is 17.6. The average Bonchev–Trinajstić information content (AvgIpc) is 3.60. The molecule has 0 aliphatic carbocycles. The Morgan fingerprint density at radius 1 is 1.06 bits per heavy atom. The molecular weight excluding hydrogens is 416 g/mol. The smallest absolute Gasteiger partial charge is 0.276 e. The Kier molecular flexibility index (Phi) is 5.71. The molecule has 2 aliphatic heterocycles. The van der Waals surface area contributed by atoms with Crippen molar-refractivity contribution in [1.82, 2.24) is 30.0 Å². The Hall–Kier alpha value is -3.47. The summed E-state index contributed by atoms with van der Waals surface area (Å²) < 4.78 is 17.5. The van der Waals surface area contributed by atoms with Gasteiger partial charge in [-0.15, -0.1) is 5.10 Å². The highest BCUT2D eigenvalue weighted by molar-refractivity contribution is 5.93. The Morgan fingerprint density at radius 2 is 1.91 bits per heavy atom. The molecule has 32 heavy (non-hydrogen) atoms. The van der Waals surface area contributed by atoms with E-state index in [2.05, 4.69) is 15.5 Å². The van der Waals surface area contributed by atoms with Gasteiger partial charge < -0.3 is 23.5 Å². The first-order chi connectivity index (χ1) is 15.7. The second-order valence-corrected chi connectivity index (χ2v) is 8.04. The zero-order valence-corrected chi connectivity index (χ0v) is 17.6. The molecule has 0 bridgehead atoms. The van der Waals surface area contributed by atoms with Gasteiger partial charge in [-0.3, -0.25) is 14.3 Å². The fraction of sp³-hybridized carbons (Fsp3) is 0.476. The van der Waals surface area contributed by atoms with Crippen molar-refractivity contribution in [3.8, 4) is 11.5 Å². The van der Waals surface area contributed by atoms with Crippen molar-refractivity contribution in [2.24, 2.45) is 5.92 Å². The van der Waals surface area contributed by atoms with Crippen LogP contribution in [-0.2, 0) is 11.3 Å². The van der Waals surface area contributed by atoms with E-state index in [1.165, 1.54) is 0 Å². The Morgan fingerprint density at radius 3 is 2.72 bits per heavy atom. The molecule has 3 aromatic heterocycles. The fourth-order valence-corrected chi connectivity index (χ4v) is 4.15. The highest BCUT2D eigenvalue weighted by Gasteiger charge is 2.28. The lowest BCUT2D eigenvalue weighted by Crippen LogP contribution is -2.41. The van der Waals surface area contributed by atoms with Crippen LogP contribution >= 0.6 is 0 Å². The molecule has 5 heterocycles. The van der Waals surface area contributed by atoms with Crippen molar-refractivity contribution in [2.75, 3.05) is 39.4 Å². The van der Waals surface area contributed by atoms with E-state index in [-0.39, 0.29) is 23.4 Å². The van der Waals surface area contributed by atoms with E-state index in [4.69, 9.17) is 13.7 Å². The van der Waals surface area contributed by atoms with Gasteiger partial charge in [-0.25, -0.2) is 0 Å². The zero-order chi connectivity index (χ0) is 21.9. The van der Waals surface area contributed by atoms with Crippen LogP contribution in [0.15, 0.2) is 39.6 Å². The molecule has 0 saturated carbocycles. The summed E-state index contributed by atoms with van der Waals surface area (Å²) in [5.74, 6) is 0.863. The third kappa shape index (κ3) is 4.28. The molecule has 2 fully saturated rings. The SMILES string of the molecule is O=C(c1cn(C[C@H]2CCCN(C(=O)c3cc(-c4ccco4)on3)C2)nn1)N1CCOCC1. The minimum Gasteiger partial charge on any atom is -0.461 e. The van der Waals surface area contributed by atoms with Gasteiger partial charge in [-0.2, -0.15) is 0 Å².